The molecule has 0 unspecified atom stereocenters. The Morgan fingerprint density at radius 2 is 1.78 bits per heavy atom. The van der Waals surface area contributed by atoms with Crippen LogP contribution in [0.1, 0.15) is 15.2 Å². The fourth-order valence-electron chi connectivity index (χ4n) is 3.48. The van der Waals surface area contributed by atoms with Crippen molar-refractivity contribution in [1.82, 2.24) is 4.31 Å². The van der Waals surface area contributed by atoms with Crippen molar-refractivity contribution in [2.75, 3.05) is 19.0 Å². The van der Waals surface area contributed by atoms with Gasteiger partial charge < -0.3 is 10.1 Å². The second-order valence-corrected chi connectivity index (χ2v) is 11.2. The van der Waals surface area contributed by atoms with Crippen LogP contribution in [-0.2, 0) is 26.1 Å². The monoisotopic (exact) mass is 546 g/mol. The Balaban J connectivity index is 1.59. The van der Waals surface area contributed by atoms with Gasteiger partial charge in [0.15, 0.2) is 0 Å². The van der Waals surface area contributed by atoms with Gasteiger partial charge in [0.05, 0.1) is 18.6 Å². The molecule has 0 aliphatic heterocycles. The smallest absolute Gasteiger partial charge is 0.348 e. The molecule has 0 radical (unpaired) electrons. The molecule has 0 atom stereocenters. The summed E-state index contributed by atoms with van der Waals surface area (Å²) in [6.07, 6.45) is 0. The van der Waals surface area contributed by atoms with Gasteiger partial charge in [-0.05, 0) is 60.0 Å². The van der Waals surface area contributed by atoms with Gasteiger partial charge in [-0.1, -0.05) is 29.8 Å². The lowest BCUT2D eigenvalue weighted by Gasteiger charge is -2.22. The standard InChI is InChI=1S/C25H20ClFN2O5S2/c1-34-25(31)23-13-17-12-19(8-11-22(17)35-23)28-24(30)15-29(14-16-4-2-3-5-21(16)27)36(32,33)20-9-6-18(26)7-10-20/h2-13H,14-15H2,1H3,(H,28,30). The molecule has 0 saturated heterocycles. The van der Waals surface area contributed by atoms with Crippen molar-refractivity contribution in [1.29, 1.82) is 0 Å². The third-order valence-corrected chi connectivity index (χ3v) is 8.42. The Kier molecular flexibility index (Phi) is 7.70. The van der Waals surface area contributed by atoms with Gasteiger partial charge in [0.25, 0.3) is 0 Å². The Hall–Kier alpha value is -3.31. The van der Waals surface area contributed by atoms with Crippen molar-refractivity contribution in [3.63, 3.8) is 0 Å². The Bertz CT molecular complexity index is 1540. The number of esters is 1. The first-order valence-corrected chi connectivity index (χ1v) is 13.2. The van der Waals surface area contributed by atoms with Crippen LogP contribution in [0.2, 0.25) is 5.02 Å². The van der Waals surface area contributed by atoms with Gasteiger partial charge >= 0.3 is 5.97 Å². The number of nitrogens with one attached hydrogen (secondary N) is 1. The highest BCUT2D eigenvalue weighted by Gasteiger charge is 2.28. The fraction of sp³-hybridized carbons (Fsp3) is 0.120. The van der Waals surface area contributed by atoms with Crippen LogP contribution in [0.25, 0.3) is 10.1 Å². The summed E-state index contributed by atoms with van der Waals surface area (Å²) >= 11 is 7.14. The molecule has 0 saturated carbocycles. The molecule has 36 heavy (non-hydrogen) atoms. The molecule has 4 aromatic rings. The molecule has 0 aliphatic rings. The molecular formula is C25H20ClFN2O5S2. The van der Waals surface area contributed by atoms with Gasteiger partial charge in [0.1, 0.15) is 10.7 Å². The average molecular weight is 547 g/mol. The number of rotatable bonds is 8. The zero-order valence-corrected chi connectivity index (χ0v) is 21.3. The van der Waals surface area contributed by atoms with Crippen LogP contribution >= 0.6 is 22.9 Å². The highest BCUT2D eigenvalue weighted by atomic mass is 35.5. The maximum absolute atomic E-state index is 14.3. The molecule has 1 N–H and O–H groups in total. The fourth-order valence-corrected chi connectivity index (χ4v) is 5.94. The second kappa shape index (κ2) is 10.8. The number of amides is 1. The molecule has 0 bridgehead atoms. The normalized spacial score (nSPS) is 11.6. The number of anilines is 1. The number of halogens is 2. The van der Waals surface area contributed by atoms with Crippen molar-refractivity contribution in [2.45, 2.75) is 11.4 Å². The molecule has 186 valence electrons. The van der Waals surface area contributed by atoms with E-state index in [-0.39, 0.29) is 17.0 Å². The van der Waals surface area contributed by atoms with Gasteiger partial charge in [0.2, 0.25) is 15.9 Å². The molecule has 11 heteroatoms. The third-order valence-electron chi connectivity index (χ3n) is 5.26. The zero-order valence-electron chi connectivity index (χ0n) is 18.9. The van der Waals surface area contributed by atoms with Gasteiger partial charge in [-0.15, -0.1) is 11.3 Å². The van der Waals surface area contributed by atoms with Gasteiger partial charge in [-0.3, -0.25) is 4.79 Å². The number of sulfonamides is 1. The minimum atomic E-state index is -4.17. The number of nitrogens with zero attached hydrogens (tertiary/aromatic N) is 1. The summed E-state index contributed by atoms with van der Waals surface area (Å²) in [4.78, 5) is 25.1. The van der Waals surface area contributed by atoms with Crippen LogP contribution in [0, 0.1) is 5.82 Å². The van der Waals surface area contributed by atoms with Crippen molar-refractivity contribution < 1.29 is 27.1 Å². The van der Waals surface area contributed by atoms with Crippen LogP contribution < -0.4 is 5.32 Å². The molecule has 1 amide bonds. The van der Waals surface area contributed by atoms with E-state index in [9.17, 15) is 22.4 Å². The highest BCUT2D eigenvalue weighted by Crippen LogP contribution is 2.29. The number of hydrogen-bond donors (Lipinski definition) is 1. The summed E-state index contributed by atoms with van der Waals surface area (Å²) < 4.78 is 47.5. The van der Waals surface area contributed by atoms with Crippen LogP contribution in [0.3, 0.4) is 0 Å². The van der Waals surface area contributed by atoms with Crippen LogP contribution in [-0.4, -0.2) is 38.3 Å². The zero-order chi connectivity index (χ0) is 25.9. The first kappa shape index (κ1) is 25.8. The van der Waals surface area contributed by atoms with Crippen molar-refractivity contribution in [3.8, 4) is 0 Å². The summed E-state index contributed by atoms with van der Waals surface area (Å²) in [5.41, 5.74) is 0.536. The number of thiophene rings is 1. The molecule has 7 nitrogen and oxygen atoms in total. The largest absolute Gasteiger partial charge is 0.465 e. The molecule has 1 heterocycles. The lowest BCUT2D eigenvalue weighted by Crippen LogP contribution is -2.37. The molecule has 4 rings (SSSR count). The lowest BCUT2D eigenvalue weighted by molar-refractivity contribution is -0.116. The first-order valence-electron chi connectivity index (χ1n) is 10.6. The Labute approximate surface area is 216 Å². The van der Waals surface area contributed by atoms with E-state index in [2.05, 4.69) is 5.32 Å². The van der Waals surface area contributed by atoms with E-state index < -0.39 is 34.3 Å². The minimum absolute atomic E-state index is 0.0777. The van der Waals surface area contributed by atoms with Crippen LogP contribution in [0.15, 0.2) is 77.7 Å². The minimum Gasteiger partial charge on any atom is -0.465 e. The van der Waals surface area contributed by atoms with Gasteiger partial charge in [0, 0.05) is 27.5 Å². The number of carbonyl (C=O) groups excluding carboxylic acids is 2. The predicted molar refractivity (Wildman–Crippen MR) is 137 cm³/mol. The van der Waals surface area contributed by atoms with E-state index in [1.54, 1.807) is 30.3 Å². The molecule has 0 fully saturated rings. The molecule has 0 aliphatic carbocycles. The molecular weight excluding hydrogens is 527 g/mol. The third kappa shape index (κ3) is 5.73. The highest BCUT2D eigenvalue weighted by molar-refractivity contribution is 7.89. The lowest BCUT2D eigenvalue weighted by atomic mass is 10.2. The van der Waals surface area contributed by atoms with E-state index in [0.717, 1.165) is 14.4 Å². The van der Waals surface area contributed by atoms with Gasteiger partial charge in [-0.25, -0.2) is 17.6 Å². The van der Waals surface area contributed by atoms with Crippen molar-refractivity contribution >= 4 is 60.6 Å². The quantitative estimate of drug-likeness (QED) is 0.302. The van der Waals surface area contributed by atoms with Gasteiger partial charge in [-0.2, -0.15) is 4.31 Å². The topological polar surface area (TPSA) is 92.8 Å². The average Bonchev–Trinajstić information content (AvgIpc) is 3.28. The van der Waals surface area contributed by atoms with E-state index >= 15 is 0 Å². The van der Waals surface area contributed by atoms with E-state index in [4.69, 9.17) is 16.3 Å². The van der Waals surface area contributed by atoms with Crippen molar-refractivity contribution in [2.24, 2.45) is 0 Å². The molecule has 1 aromatic heterocycles. The number of methoxy groups -OCH3 is 1. The second-order valence-electron chi connectivity index (χ2n) is 7.72. The summed E-state index contributed by atoms with van der Waals surface area (Å²) in [5, 5.41) is 3.75. The summed E-state index contributed by atoms with van der Waals surface area (Å²) in [7, 11) is -2.87. The summed E-state index contributed by atoms with van der Waals surface area (Å²) in [6, 6.07) is 18.0. The molecule has 0 spiro atoms. The van der Waals surface area contributed by atoms with E-state index in [0.29, 0.717) is 15.6 Å². The Morgan fingerprint density at radius 3 is 2.47 bits per heavy atom. The molecule has 3 aromatic carbocycles. The van der Waals surface area contributed by atoms with E-state index in [1.807, 2.05) is 0 Å². The summed E-state index contributed by atoms with van der Waals surface area (Å²) in [5.74, 6) is -1.66. The van der Waals surface area contributed by atoms with Crippen molar-refractivity contribution in [3.05, 3.63) is 94.1 Å². The number of benzene rings is 3. The van der Waals surface area contributed by atoms with Crippen LogP contribution in [0.4, 0.5) is 10.1 Å². The number of ether oxygens (including phenoxy) is 1. The summed E-state index contributed by atoms with van der Waals surface area (Å²) in [6.45, 7) is -0.911. The number of hydrogen-bond acceptors (Lipinski definition) is 6. The SMILES string of the molecule is COC(=O)c1cc2cc(NC(=O)CN(Cc3ccccc3F)S(=O)(=O)c3ccc(Cl)cc3)ccc2s1. The predicted octanol–water partition coefficient (Wildman–Crippen LogP) is 5.31. The maximum Gasteiger partial charge on any atom is 0.348 e. The number of carbonyl (C=O) groups is 2. The van der Waals surface area contributed by atoms with E-state index in [1.165, 1.54) is 60.9 Å². The first-order chi connectivity index (χ1) is 17.2. The maximum atomic E-state index is 14.3. The number of fused-ring (bicyclic) bond motifs is 1. The van der Waals surface area contributed by atoms with Crippen LogP contribution in [0.5, 0.6) is 0 Å². The Morgan fingerprint density at radius 1 is 1.06 bits per heavy atom.